The lowest BCUT2D eigenvalue weighted by Crippen LogP contribution is -2.52. The van der Waals surface area contributed by atoms with E-state index in [2.05, 4.69) is 5.32 Å². The Morgan fingerprint density at radius 1 is 1.30 bits per heavy atom. The monoisotopic (exact) mass is 316 g/mol. The summed E-state index contributed by atoms with van der Waals surface area (Å²) in [5.41, 5.74) is 1.04. The minimum absolute atomic E-state index is 0.226. The van der Waals surface area contributed by atoms with Crippen LogP contribution in [-0.4, -0.2) is 27.1 Å². The van der Waals surface area contributed by atoms with Crippen LogP contribution in [0.25, 0.3) is 10.9 Å². The van der Waals surface area contributed by atoms with Crippen molar-refractivity contribution in [2.45, 2.75) is 45.1 Å². The molecule has 2 N–H and O–H groups in total. The number of nitrogens with zero attached hydrogens (tertiary/aromatic N) is 1. The summed E-state index contributed by atoms with van der Waals surface area (Å²) in [7, 11) is 1.98. The molecule has 5 heteroatoms. The molecule has 1 atom stereocenters. The topological polar surface area (TPSA) is 71.3 Å². The van der Waals surface area contributed by atoms with E-state index in [9.17, 15) is 14.7 Å². The molecule has 23 heavy (non-hydrogen) atoms. The first kappa shape index (κ1) is 17.1. The van der Waals surface area contributed by atoms with E-state index < -0.39 is 11.5 Å². The number of aromatic nitrogens is 1. The van der Waals surface area contributed by atoms with E-state index in [4.69, 9.17) is 0 Å². The molecule has 0 radical (unpaired) electrons. The molecule has 1 amide bonds. The highest BCUT2D eigenvalue weighted by Crippen LogP contribution is 2.21. The molecule has 0 aliphatic rings. The number of carboxylic acids is 1. The normalized spacial score (nSPS) is 13.7. The number of carbonyl (C=O) groups is 2. The lowest BCUT2D eigenvalue weighted by atomic mass is 9.96. The Morgan fingerprint density at radius 3 is 2.65 bits per heavy atom. The van der Waals surface area contributed by atoms with Gasteiger partial charge < -0.3 is 15.0 Å². The zero-order valence-electron chi connectivity index (χ0n) is 13.9. The van der Waals surface area contributed by atoms with Gasteiger partial charge in [-0.2, -0.15) is 0 Å². The highest BCUT2D eigenvalue weighted by molar-refractivity contribution is 5.88. The van der Waals surface area contributed by atoms with E-state index in [-0.39, 0.29) is 12.3 Å². The van der Waals surface area contributed by atoms with Crippen LogP contribution in [-0.2, 0) is 23.1 Å². The summed E-state index contributed by atoms with van der Waals surface area (Å²) in [6.45, 7) is 3.47. The molecule has 2 rings (SSSR count). The number of nitrogens with one attached hydrogen (secondary N) is 1. The fraction of sp³-hybridized carbons (Fsp3) is 0.444. The van der Waals surface area contributed by atoms with Gasteiger partial charge in [0.05, 0.1) is 0 Å². The maximum Gasteiger partial charge on any atom is 0.329 e. The van der Waals surface area contributed by atoms with Gasteiger partial charge in [0.2, 0.25) is 5.91 Å². The fourth-order valence-corrected chi connectivity index (χ4v) is 2.97. The van der Waals surface area contributed by atoms with E-state index in [1.54, 1.807) is 6.92 Å². The van der Waals surface area contributed by atoms with E-state index >= 15 is 0 Å². The van der Waals surface area contributed by atoms with Crippen LogP contribution >= 0.6 is 0 Å². The van der Waals surface area contributed by atoms with Crippen molar-refractivity contribution in [1.82, 2.24) is 9.88 Å². The molecule has 1 aromatic heterocycles. The SMILES string of the molecule is CCCC(C)(NC(=O)CCc1cn(C)c2ccccc12)C(=O)O. The number of aryl methyl sites for hydroxylation is 2. The van der Waals surface area contributed by atoms with Crippen molar-refractivity contribution in [3.63, 3.8) is 0 Å². The van der Waals surface area contributed by atoms with Crippen LogP contribution in [0, 0.1) is 0 Å². The van der Waals surface area contributed by atoms with Crippen LogP contribution in [0.2, 0.25) is 0 Å². The second-order valence-electron chi connectivity index (χ2n) is 6.22. The number of aliphatic carboxylic acids is 1. The first-order valence-corrected chi connectivity index (χ1v) is 7.94. The third-order valence-electron chi connectivity index (χ3n) is 4.24. The summed E-state index contributed by atoms with van der Waals surface area (Å²) in [6.07, 6.45) is 4.02. The highest BCUT2D eigenvalue weighted by Gasteiger charge is 2.33. The average molecular weight is 316 g/mol. The largest absolute Gasteiger partial charge is 0.480 e. The number of carboxylic acid groups (broad SMARTS) is 1. The van der Waals surface area contributed by atoms with Gasteiger partial charge >= 0.3 is 5.97 Å². The molecule has 1 aromatic carbocycles. The van der Waals surface area contributed by atoms with Crippen molar-refractivity contribution in [2.75, 3.05) is 0 Å². The lowest BCUT2D eigenvalue weighted by molar-refractivity contribution is -0.147. The third kappa shape index (κ3) is 3.73. The minimum atomic E-state index is -1.19. The summed E-state index contributed by atoms with van der Waals surface area (Å²) < 4.78 is 2.04. The smallest absolute Gasteiger partial charge is 0.329 e. The molecule has 1 unspecified atom stereocenters. The molecule has 2 aromatic rings. The maximum absolute atomic E-state index is 12.2. The molecule has 0 saturated carbocycles. The molecule has 0 aliphatic carbocycles. The molecular formula is C18H24N2O3. The van der Waals surface area contributed by atoms with Crippen molar-refractivity contribution >= 4 is 22.8 Å². The van der Waals surface area contributed by atoms with Gasteiger partial charge in [0.1, 0.15) is 5.54 Å². The summed E-state index contributed by atoms with van der Waals surface area (Å²) in [5, 5.41) is 13.1. The van der Waals surface area contributed by atoms with Crippen LogP contribution < -0.4 is 5.32 Å². The van der Waals surface area contributed by atoms with Gasteiger partial charge in [0.25, 0.3) is 0 Å². The Morgan fingerprint density at radius 2 is 2.00 bits per heavy atom. The number of amides is 1. The number of hydrogen-bond donors (Lipinski definition) is 2. The molecule has 1 heterocycles. The molecule has 5 nitrogen and oxygen atoms in total. The summed E-state index contributed by atoms with van der Waals surface area (Å²) >= 11 is 0. The Balaban J connectivity index is 2.05. The molecular weight excluding hydrogens is 292 g/mol. The lowest BCUT2D eigenvalue weighted by Gasteiger charge is -2.25. The molecule has 124 valence electrons. The number of fused-ring (bicyclic) bond motifs is 1. The third-order valence-corrected chi connectivity index (χ3v) is 4.24. The minimum Gasteiger partial charge on any atom is -0.480 e. The number of benzene rings is 1. The Labute approximate surface area is 136 Å². The predicted molar refractivity (Wildman–Crippen MR) is 90.3 cm³/mol. The molecule has 0 spiro atoms. The predicted octanol–water partition coefficient (Wildman–Crippen LogP) is 2.87. The van der Waals surface area contributed by atoms with Gasteiger partial charge in [-0.3, -0.25) is 4.79 Å². The van der Waals surface area contributed by atoms with E-state index in [1.807, 2.05) is 49.0 Å². The van der Waals surface area contributed by atoms with Crippen molar-refractivity contribution in [2.24, 2.45) is 7.05 Å². The van der Waals surface area contributed by atoms with Crippen molar-refractivity contribution in [1.29, 1.82) is 0 Å². The van der Waals surface area contributed by atoms with E-state index in [1.165, 1.54) is 0 Å². The second kappa shape index (κ2) is 6.86. The van der Waals surface area contributed by atoms with E-state index in [0.717, 1.165) is 16.5 Å². The van der Waals surface area contributed by atoms with Gasteiger partial charge in [-0.1, -0.05) is 31.5 Å². The zero-order valence-corrected chi connectivity index (χ0v) is 13.9. The van der Waals surface area contributed by atoms with Crippen LogP contribution in [0.5, 0.6) is 0 Å². The highest BCUT2D eigenvalue weighted by atomic mass is 16.4. The van der Waals surface area contributed by atoms with Gasteiger partial charge in [0.15, 0.2) is 0 Å². The average Bonchev–Trinajstić information content (AvgIpc) is 2.82. The molecule has 0 bridgehead atoms. The van der Waals surface area contributed by atoms with Crippen LogP contribution in [0.3, 0.4) is 0 Å². The van der Waals surface area contributed by atoms with Gasteiger partial charge in [-0.25, -0.2) is 4.79 Å². The fourth-order valence-electron chi connectivity index (χ4n) is 2.97. The first-order valence-electron chi connectivity index (χ1n) is 7.94. The van der Waals surface area contributed by atoms with Gasteiger partial charge in [-0.15, -0.1) is 0 Å². The first-order chi connectivity index (χ1) is 10.9. The molecule has 0 saturated heterocycles. The van der Waals surface area contributed by atoms with Crippen LogP contribution in [0.4, 0.5) is 0 Å². The van der Waals surface area contributed by atoms with Crippen LogP contribution in [0.1, 0.15) is 38.7 Å². The van der Waals surface area contributed by atoms with Crippen molar-refractivity contribution < 1.29 is 14.7 Å². The number of para-hydroxylation sites is 1. The van der Waals surface area contributed by atoms with Gasteiger partial charge in [0, 0.05) is 30.6 Å². The quantitative estimate of drug-likeness (QED) is 0.825. The number of hydrogen-bond acceptors (Lipinski definition) is 2. The summed E-state index contributed by atoms with van der Waals surface area (Å²) in [5.74, 6) is -1.21. The number of carbonyl (C=O) groups excluding carboxylic acids is 1. The summed E-state index contributed by atoms with van der Waals surface area (Å²) in [6, 6.07) is 8.05. The zero-order chi connectivity index (χ0) is 17.0. The molecule has 0 fully saturated rings. The Bertz CT molecular complexity index is 720. The summed E-state index contributed by atoms with van der Waals surface area (Å²) in [4.78, 5) is 23.6. The maximum atomic E-state index is 12.2. The Kier molecular flexibility index (Phi) is 5.08. The molecule has 0 aliphatic heterocycles. The number of rotatable bonds is 7. The van der Waals surface area contributed by atoms with Gasteiger partial charge in [-0.05, 0) is 31.4 Å². The standard InChI is InChI=1S/C18H24N2O3/c1-4-11-18(2,17(22)23)19-16(21)10-9-13-12-20(3)15-8-6-5-7-14(13)15/h5-8,12H,4,9-11H2,1-3H3,(H,19,21)(H,22,23). The van der Waals surface area contributed by atoms with Crippen molar-refractivity contribution in [3.8, 4) is 0 Å². The van der Waals surface area contributed by atoms with Crippen molar-refractivity contribution in [3.05, 3.63) is 36.0 Å². The van der Waals surface area contributed by atoms with Crippen LogP contribution in [0.15, 0.2) is 30.5 Å². The van der Waals surface area contributed by atoms with E-state index in [0.29, 0.717) is 19.3 Å². The Hall–Kier alpha value is -2.30. The second-order valence-corrected chi connectivity index (χ2v) is 6.22.